The summed E-state index contributed by atoms with van der Waals surface area (Å²) in [5.74, 6) is 1.45. The van der Waals surface area contributed by atoms with Crippen molar-refractivity contribution >= 4 is 16.6 Å². The van der Waals surface area contributed by atoms with Crippen molar-refractivity contribution in [2.45, 2.75) is 20.3 Å². The molecule has 16 heavy (non-hydrogen) atoms. The zero-order chi connectivity index (χ0) is 11.5. The summed E-state index contributed by atoms with van der Waals surface area (Å²) in [6.07, 6.45) is 0.970. The molecule has 2 rings (SSSR count). The molecule has 0 atom stereocenters. The Labute approximate surface area is 95.9 Å². The molecular formula is C13H17N3. The van der Waals surface area contributed by atoms with Crippen molar-refractivity contribution in [3.05, 3.63) is 30.0 Å². The number of benzene rings is 1. The van der Waals surface area contributed by atoms with Crippen LogP contribution in [-0.2, 0) is 6.42 Å². The molecule has 0 saturated heterocycles. The average Bonchev–Trinajstić information content (AvgIpc) is 2.29. The summed E-state index contributed by atoms with van der Waals surface area (Å²) in [5, 5.41) is 14.0. The van der Waals surface area contributed by atoms with Crippen LogP contribution in [0.2, 0.25) is 0 Å². The third-order valence-electron chi connectivity index (χ3n) is 2.60. The lowest BCUT2D eigenvalue weighted by Crippen LogP contribution is -2.03. The summed E-state index contributed by atoms with van der Waals surface area (Å²) < 4.78 is 0. The van der Waals surface area contributed by atoms with Crippen LogP contribution in [-0.4, -0.2) is 17.2 Å². The van der Waals surface area contributed by atoms with Gasteiger partial charge in [0.05, 0.1) is 5.69 Å². The van der Waals surface area contributed by atoms with Crippen molar-refractivity contribution < 1.29 is 0 Å². The first-order valence-corrected chi connectivity index (χ1v) is 5.64. The van der Waals surface area contributed by atoms with E-state index in [-0.39, 0.29) is 0 Å². The molecule has 0 unspecified atom stereocenters. The summed E-state index contributed by atoms with van der Waals surface area (Å²) in [5.41, 5.74) is 1.09. The Bertz CT molecular complexity index is 492. The van der Waals surface area contributed by atoms with Crippen molar-refractivity contribution in [2.75, 3.05) is 12.4 Å². The van der Waals surface area contributed by atoms with Crippen LogP contribution in [0.3, 0.4) is 0 Å². The normalized spacial score (nSPS) is 11.0. The largest absolute Gasteiger partial charge is 0.371 e. The topological polar surface area (TPSA) is 37.8 Å². The zero-order valence-corrected chi connectivity index (χ0v) is 9.99. The fourth-order valence-corrected chi connectivity index (χ4v) is 1.88. The Morgan fingerprint density at radius 1 is 1.12 bits per heavy atom. The maximum absolute atomic E-state index is 4.31. The van der Waals surface area contributed by atoms with Gasteiger partial charge in [0.1, 0.15) is 0 Å². The minimum Gasteiger partial charge on any atom is -0.371 e. The van der Waals surface area contributed by atoms with Crippen LogP contribution in [0.1, 0.15) is 19.5 Å². The van der Waals surface area contributed by atoms with Crippen LogP contribution in [0.4, 0.5) is 5.82 Å². The van der Waals surface area contributed by atoms with E-state index in [0.29, 0.717) is 5.92 Å². The maximum atomic E-state index is 4.31. The van der Waals surface area contributed by atoms with Gasteiger partial charge in [-0.25, -0.2) is 0 Å². The molecule has 0 bridgehead atoms. The lowest BCUT2D eigenvalue weighted by molar-refractivity contribution is 0.633. The molecule has 0 aliphatic heterocycles. The standard InChI is InChI=1S/C13H17N3/c1-9(2)8-12-10-6-4-5-7-11(10)13(14-3)16-15-12/h4-7,9H,8H2,1-3H3,(H,14,16). The Balaban J connectivity index is 2.60. The highest BCUT2D eigenvalue weighted by Gasteiger charge is 2.08. The molecule has 0 spiro atoms. The van der Waals surface area contributed by atoms with Crippen LogP contribution in [0.25, 0.3) is 10.8 Å². The number of nitrogens with one attached hydrogen (secondary N) is 1. The summed E-state index contributed by atoms with van der Waals surface area (Å²) in [6, 6.07) is 8.28. The monoisotopic (exact) mass is 215 g/mol. The Kier molecular flexibility index (Phi) is 3.04. The Morgan fingerprint density at radius 3 is 2.44 bits per heavy atom. The summed E-state index contributed by atoms with van der Waals surface area (Å²) in [6.45, 7) is 4.39. The SMILES string of the molecule is CNc1nnc(CC(C)C)c2ccccc12. The van der Waals surface area contributed by atoms with E-state index < -0.39 is 0 Å². The second-order valence-electron chi connectivity index (χ2n) is 4.39. The lowest BCUT2D eigenvalue weighted by atomic mass is 10.0. The van der Waals surface area contributed by atoms with Crippen molar-refractivity contribution in [3.8, 4) is 0 Å². The fourth-order valence-electron chi connectivity index (χ4n) is 1.88. The van der Waals surface area contributed by atoms with Gasteiger partial charge in [0.15, 0.2) is 5.82 Å². The molecule has 3 nitrogen and oxygen atoms in total. The highest BCUT2D eigenvalue weighted by molar-refractivity contribution is 5.92. The molecule has 1 N–H and O–H groups in total. The minimum atomic E-state index is 0.596. The maximum Gasteiger partial charge on any atom is 0.156 e. The molecule has 1 heterocycles. The van der Waals surface area contributed by atoms with Crippen LogP contribution in [0.15, 0.2) is 24.3 Å². The van der Waals surface area contributed by atoms with Gasteiger partial charge < -0.3 is 5.32 Å². The first kappa shape index (κ1) is 10.9. The van der Waals surface area contributed by atoms with Gasteiger partial charge in [-0.05, 0) is 12.3 Å². The highest BCUT2D eigenvalue weighted by atomic mass is 15.2. The molecular weight excluding hydrogens is 198 g/mol. The highest BCUT2D eigenvalue weighted by Crippen LogP contribution is 2.23. The molecule has 1 aromatic carbocycles. The van der Waals surface area contributed by atoms with Crippen LogP contribution in [0.5, 0.6) is 0 Å². The molecule has 0 aliphatic rings. The van der Waals surface area contributed by atoms with Gasteiger partial charge in [0.2, 0.25) is 0 Å². The molecule has 0 fully saturated rings. The number of nitrogens with zero attached hydrogens (tertiary/aromatic N) is 2. The number of hydrogen-bond donors (Lipinski definition) is 1. The van der Waals surface area contributed by atoms with Gasteiger partial charge in [-0.2, -0.15) is 5.10 Å². The molecule has 0 saturated carbocycles. The average molecular weight is 215 g/mol. The number of rotatable bonds is 3. The first-order chi connectivity index (χ1) is 7.72. The first-order valence-electron chi connectivity index (χ1n) is 5.64. The van der Waals surface area contributed by atoms with Crippen molar-refractivity contribution in [2.24, 2.45) is 5.92 Å². The lowest BCUT2D eigenvalue weighted by Gasteiger charge is -2.09. The predicted molar refractivity (Wildman–Crippen MR) is 67.6 cm³/mol. The molecule has 2 aromatic rings. The van der Waals surface area contributed by atoms with E-state index in [1.54, 1.807) is 0 Å². The van der Waals surface area contributed by atoms with Gasteiger partial charge in [-0.3, -0.25) is 0 Å². The molecule has 0 amide bonds. The smallest absolute Gasteiger partial charge is 0.156 e. The van der Waals surface area contributed by atoms with Gasteiger partial charge in [0, 0.05) is 17.8 Å². The molecule has 3 heteroatoms. The molecule has 84 valence electrons. The third-order valence-corrected chi connectivity index (χ3v) is 2.60. The van der Waals surface area contributed by atoms with Crippen LogP contribution in [0, 0.1) is 5.92 Å². The van der Waals surface area contributed by atoms with E-state index in [2.05, 4.69) is 41.5 Å². The van der Waals surface area contributed by atoms with Crippen LogP contribution >= 0.6 is 0 Å². The minimum absolute atomic E-state index is 0.596. The van der Waals surface area contributed by atoms with E-state index in [4.69, 9.17) is 0 Å². The van der Waals surface area contributed by atoms with Gasteiger partial charge in [-0.1, -0.05) is 38.1 Å². The van der Waals surface area contributed by atoms with E-state index >= 15 is 0 Å². The van der Waals surface area contributed by atoms with Gasteiger partial charge in [0.25, 0.3) is 0 Å². The summed E-state index contributed by atoms with van der Waals surface area (Å²) in [4.78, 5) is 0. The molecule has 1 aromatic heterocycles. The Hall–Kier alpha value is -1.64. The third kappa shape index (κ3) is 1.98. The van der Waals surface area contributed by atoms with E-state index in [0.717, 1.165) is 23.3 Å². The fraction of sp³-hybridized carbons (Fsp3) is 0.385. The number of anilines is 1. The van der Waals surface area contributed by atoms with E-state index in [1.807, 2.05) is 19.2 Å². The van der Waals surface area contributed by atoms with Gasteiger partial charge >= 0.3 is 0 Å². The van der Waals surface area contributed by atoms with Crippen molar-refractivity contribution in [1.82, 2.24) is 10.2 Å². The second kappa shape index (κ2) is 4.47. The Morgan fingerprint density at radius 2 is 1.81 bits per heavy atom. The number of fused-ring (bicyclic) bond motifs is 1. The van der Waals surface area contributed by atoms with E-state index in [9.17, 15) is 0 Å². The molecule has 0 aliphatic carbocycles. The van der Waals surface area contributed by atoms with Gasteiger partial charge in [-0.15, -0.1) is 5.10 Å². The van der Waals surface area contributed by atoms with Crippen molar-refractivity contribution in [1.29, 1.82) is 0 Å². The summed E-state index contributed by atoms with van der Waals surface area (Å²) in [7, 11) is 1.87. The number of hydrogen-bond acceptors (Lipinski definition) is 3. The van der Waals surface area contributed by atoms with E-state index in [1.165, 1.54) is 5.39 Å². The second-order valence-corrected chi connectivity index (χ2v) is 4.39. The van der Waals surface area contributed by atoms with Crippen molar-refractivity contribution in [3.63, 3.8) is 0 Å². The zero-order valence-electron chi connectivity index (χ0n) is 9.99. The summed E-state index contributed by atoms with van der Waals surface area (Å²) >= 11 is 0. The quantitative estimate of drug-likeness (QED) is 0.855. The predicted octanol–water partition coefficient (Wildman–Crippen LogP) is 2.87. The van der Waals surface area contributed by atoms with Crippen LogP contribution < -0.4 is 5.32 Å². The number of aromatic nitrogens is 2. The molecule has 0 radical (unpaired) electrons.